The molecular formula is C16H13Cl3N2S2. The molecule has 0 amide bonds. The normalized spacial score (nSPS) is 17.3. The Labute approximate surface area is 160 Å². The number of nitrogens with zero attached hydrogens (tertiary/aromatic N) is 1. The second-order valence-corrected chi connectivity index (χ2v) is 7.88. The van der Waals surface area contributed by atoms with Gasteiger partial charge in [0.05, 0.1) is 0 Å². The van der Waals surface area contributed by atoms with E-state index in [2.05, 4.69) is 10.2 Å². The van der Waals surface area contributed by atoms with Crippen LogP contribution in [0.2, 0.25) is 15.1 Å². The maximum Gasteiger partial charge on any atom is 0.174 e. The van der Waals surface area contributed by atoms with Gasteiger partial charge in [0.2, 0.25) is 0 Å². The number of rotatable bonds is 2. The number of anilines is 1. The Morgan fingerprint density at radius 1 is 1.13 bits per heavy atom. The van der Waals surface area contributed by atoms with Gasteiger partial charge in [-0.05, 0) is 42.5 Å². The van der Waals surface area contributed by atoms with Crippen molar-refractivity contribution in [2.75, 3.05) is 17.6 Å². The molecule has 1 unspecified atom stereocenters. The Hall–Kier alpha value is -0.650. The molecular weight excluding hydrogens is 391 g/mol. The van der Waals surface area contributed by atoms with Gasteiger partial charge >= 0.3 is 0 Å². The molecule has 1 aliphatic rings. The van der Waals surface area contributed by atoms with E-state index in [1.165, 1.54) is 0 Å². The standard InChI is InChI=1S/C16H13Cl3N2S2/c17-10-2-1-3-12(8-10)20-16(22)21-6-7-23-15(21)13-5-4-11(18)9-14(13)19/h1-5,8-9,15H,6-7H2,(H,20,22). The number of thiocarbonyl (C=S) groups is 1. The molecule has 120 valence electrons. The molecule has 1 atom stereocenters. The summed E-state index contributed by atoms with van der Waals surface area (Å²) in [5.41, 5.74) is 1.90. The summed E-state index contributed by atoms with van der Waals surface area (Å²) in [6.07, 6.45) is 0. The SMILES string of the molecule is S=C(Nc1cccc(Cl)c1)N1CCSC1c1ccc(Cl)cc1Cl. The van der Waals surface area contributed by atoms with E-state index in [1.54, 1.807) is 6.07 Å². The Bertz CT molecular complexity index is 739. The van der Waals surface area contributed by atoms with E-state index in [0.29, 0.717) is 20.2 Å². The van der Waals surface area contributed by atoms with Gasteiger partial charge in [-0.25, -0.2) is 0 Å². The molecule has 2 aromatic carbocycles. The molecule has 0 aliphatic carbocycles. The summed E-state index contributed by atoms with van der Waals surface area (Å²) < 4.78 is 0. The van der Waals surface area contributed by atoms with Gasteiger partial charge in [0.25, 0.3) is 0 Å². The first-order valence-corrected chi connectivity index (χ1v) is 9.53. The molecule has 7 heteroatoms. The average molecular weight is 404 g/mol. The molecule has 0 bridgehead atoms. The van der Waals surface area contributed by atoms with Crippen LogP contribution in [0, 0.1) is 0 Å². The van der Waals surface area contributed by atoms with E-state index in [4.69, 9.17) is 47.0 Å². The van der Waals surface area contributed by atoms with Gasteiger partial charge in [-0.2, -0.15) is 0 Å². The highest BCUT2D eigenvalue weighted by Gasteiger charge is 2.30. The van der Waals surface area contributed by atoms with Crippen LogP contribution in [-0.4, -0.2) is 22.3 Å². The Kier molecular flexibility index (Phi) is 5.60. The zero-order chi connectivity index (χ0) is 16.4. The van der Waals surface area contributed by atoms with Gasteiger partial charge < -0.3 is 10.2 Å². The molecule has 1 aliphatic heterocycles. The van der Waals surface area contributed by atoms with E-state index < -0.39 is 0 Å². The fourth-order valence-corrected chi connectivity index (χ4v) is 4.85. The molecule has 1 heterocycles. The lowest BCUT2D eigenvalue weighted by Crippen LogP contribution is -2.34. The summed E-state index contributed by atoms with van der Waals surface area (Å²) in [5.74, 6) is 0.987. The van der Waals surface area contributed by atoms with Crippen molar-refractivity contribution in [1.29, 1.82) is 0 Å². The maximum absolute atomic E-state index is 6.35. The van der Waals surface area contributed by atoms with Crippen molar-refractivity contribution >= 4 is 69.6 Å². The lowest BCUT2D eigenvalue weighted by atomic mass is 10.2. The third kappa shape index (κ3) is 4.06. The van der Waals surface area contributed by atoms with Gasteiger partial charge in [-0.3, -0.25) is 0 Å². The largest absolute Gasteiger partial charge is 0.333 e. The van der Waals surface area contributed by atoms with Crippen molar-refractivity contribution in [3.8, 4) is 0 Å². The third-order valence-electron chi connectivity index (χ3n) is 3.46. The molecule has 1 fully saturated rings. The average Bonchev–Trinajstić information content (AvgIpc) is 2.96. The lowest BCUT2D eigenvalue weighted by molar-refractivity contribution is 0.458. The first kappa shape index (κ1) is 17.2. The minimum atomic E-state index is 0.0824. The zero-order valence-electron chi connectivity index (χ0n) is 11.9. The van der Waals surface area contributed by atoms with Crippen LogP contribution in [0.5, 0.6) is 0 Å². The van der Waals surface area contributed by atoms with Crippen molar-refractivity contribution < 1.29 is 0 Å². The maximum atomic E-state index is 6.35. The molecule has 0 spiro atoms. The summed E-state index contributed by atoms with van der Waals surface area (Å²) in [6, 6.07) is 13.1. The second-order valence-electron chi connectivity index (χ2n) is 5.02. The zero-order valence-corrected chi connectivity index (χ0v) is 15.8. The number of nitrogens with one attached hydrogen (secondary N) is 1. The first-order chi connectivity index (χ1) is 11.0. The topological polar surface area (TPSA) is 15.3 Å². The quantitative estimate of drug-likeness (QED) is 0.610. The van der Waals surface area contributed by atoms with Crippen LogP contribution >= 0.6 is 58.8 Å². The van der Waals surface area contributed by atoms with E-state index in [0.717, 1.165) is 23.5 Å². The van der Waals surface area contributed by atoms with E-state index in [1.807, 2.05) is 48.2 Å². The van der Waals surface area contributed by atoms with Gasteiger partial charge in [0.15, 0.2) is 5.11 Å². The predicted octanol–water partition coefficient (Wildman–Crippen LogP) is 6.09. The highest BCUT2D eigenvalue weighted by atomic mass is 35.5. The van der Waals surface area contributed by atoms with Crippen molar-refractivity contribution in [2.24, 2.45) is 0 Å². The molecule has 0 radical (unpaired) electrons. The van der Waals surface area contributed by atoms with Crippen molar-refractivity contribution in [1.82, 2.24) is 4.90 Å². The van der Waals surface area contributed by atoms with Gasteiger partial charge in [0.1, 0.15) is 5.37 Å². The predicted molar refractivity (Wildman–Crippen MR) is 106 cm³/mol. The van der Waals surface area contributed by atoms with E-state index >= 15 is 0 Å². The van der Waals surface area contributed by atoms with Crippen LogP contribution in [0.3, 0.4) is 0 Å². The summed E-state index contributed by atoms with van der Waals surface area (Å²) >= 11 is 25.7. The number of benzene rings is 2. The summed E-state index contributed by atoms with van der Waals surface area (Å²) in [6.45, 7) is 0.862. The van der Waals surface area contributed by atoms with E-state index in [-0.39, 0.29) is 5.37 Å². The highest BCUT2D eigenvalue weighted by Crippen LogP contribution is 2.41. The molecule has 3 rings (SSSR count). The minimum absolute atomic E-state index is 0.0824. The van der Waals surface area contributed by atoms with Crippen molar-refractivity contribution in [3.05, 3.63) is 63.1 Å². The Balaban J connectivity index is 1.79. The number of hydrogen-bond acceptors (Lipinski definition) is 2. The Morgan fingerprint density at radius 3 is 2.65 bits per heavy atom. The third-order valence-corrected chi connectivity index (χ3v) is 5.83. The van der Waals surface area contributed by atoms with Gasteiger partial charge in [-0.15, -0.1) is 11.8 Å². The van der Waals surface area contributed by atoms with Crippen LogP contribution in [0.15, 0.2) is 42.5 Å². The van der Waals surface area contributed by atoms with Gasteiger partial charge in [-0.1, -0.05) is 46.9 Å². The summed E-state index contributed by atoms with van der Waals surface area (Å²) in [7, 11) is 0. The van der Waals surface area contributed by atoms with E-state index in [9.17, 15) is 0 Å². The molecule has 2 nitrogen and oxygen atoms in total. The van der Waals surface area contributed by atoms with Gasteiger partial charge in [0, 0.05) is 38.6 Å². The van der Waals surface area contributed by atoms with Crippen LogP contribution in [-0.2, 0) is 0 Å². The number of thioether (sulfide) groups is 1. The first-order valence-electron chi connectivity index (χ1n) is 6.94. The van der Waals surface area contributed by atoms with Crippen LogP contribution in [0.25, 0.3) is 0 Å². The fourth-order valence-electron chi connectivity index (χ4n) is 2.40. The minimum Gasteiger partial charge on any atom is -0.333 e. The number of hydrogen-bond donors (Lipinski definition) is 1. The monoisotopic (exact) mass is 402 g/mol. The van der Waals surface area contributed by atoms with Crippen LogP contribution < -0.4 is 5.32 Å². The molecule has 1 N–H and O–H groups in total. The van der Waals surface area contributed by atoms with Crippen molar-refractivity contribution in [2.45, 2.75) is 5.37 Å². The Morgan fingerprint density at radius 2 is 1.91 bits per heavy atom. The molecule has 23 heavy (non-hydrogen) atoms. The number of halogens is 3. The second kappa shape index (κ2) is 7.49. The lowest BCUT2D eigenvalue weighted by Gasteiger charge is -2.27. The molecule has 2 aromatic rings. The summed E-state index contributed by atoms with van der Waals surface area (Å²) in [4.78, 5) is 2.13. The fraction of sp³-hybridized carbons (Fsp3) is 0.188. The van der Waals surface area contributed by atoms with Crippen molar-refractivity contribution in [3.63, 3.8) is 0 Å². The summed E-state index contributed by atoms with van der Waals surface area (Å²) in [5, 5.41) is 5.95. The molecule has 1 saturated heterocycles. The molecule has 0 saturated carbocycles. The van der Waals surface area contributed by atoms with Crippen LogP contribution in [0.4, 0.5) is 5.69 Å². The van der Waals surface area contributed by atoms with Crippen LogP contribution in [0.1, 0.15) is 10.9 Å². The highest BCUT2D eigenvalue weighted by molar-refractivity contribution is 7.99. The smallest absolute Gasteiger partial charge is 0.174 e. The molecule has 0 aromatic heterocycles.